The van der Waals surface area contributed by atoms with Crippen molar-refractivity contribution in [2.45, 2.75) is 50.4 Å². The molecule has 0 unspecified atom stereocenters. The van der Waals surface area contributed by atoms with Crippen LogP contribution in [0.3, 0.4) is 0 Å². The predicted octanol–water partition coefficient (Wildman–Crippen LogP) is 3.31. The number of thioether (sulfide) groups is 1. The first-order valence-electron chi connectivity index (χ1n) is 9.05. The molecule has 1 amide bonds. The molecular formula is C19H25N5OS. The molecule has 2 atom stereocenters. The second-order valence-corrected chi connectivity index (χ2v) is 7.61. The molecule has 1 fully saturated rings. The van der Waals surface area contributed by atoms with Crippen molar-refractivity contribution >= 4 is 17.7 Å². The summed E-state index contributed by atoms with van der Waals surface area (Å²) in [5.74, 6) is 1.69. The fourth-order valence-corrected chi connectivity index (χ4v) is 4.07. The van der Waals surface area contributed by atoms with Crippen LogP contribution in [0.4, 0.5) is 0 Å². The maximum absolute atomic E-state index is 12.4. The fourth-order valence-electron chi connectivity index (χ4n) is 3.31. The summed E-state index contributed by atoms with van der Waals surface area (Å²) < 4.78 is 1.96. The Morgan fingerprint density at radius 3 is 3.00 bits per heavy atom. The summed E-state index contributed by atoms with van der Waals surface area (Å²) in [6, 6.07) is 4.12. The molecule has 1 saturated carbocycles. The number of hydrogen-bond acceptors (Lipinski definition) is 5. The zero-order valence-electron chi connectivity index (χ0n) is 15.1. The molecule has 1 aliphatic rings. The smallest absolute Gasteiger partial charge is 0.230 e. The highest BCUT2D eigenvalue weighted by molar-refractivity contribution is 7.99. The van der Waals surface area contributed by atoms with Gasteiger partial charge in [0.25, 0.3) is 0 Å². The standard InChI is InChI=1S/C19H25N5OS/c1-3-11-24-18(15-8-6-10-20-12-15)22-23-19(24)26-13-17(25)21-16-9-5-4-7-14(16)2/h3,6,8,10,12,14,16H,1,4-5,7,9,11,13H2,2H3,(H,21,25)/t14-,16-/m0/s1. The number of aromatic nitrogens is 4. The van der Waals surface area contributed by atoms with Gasteiger partial charge in [0, 0.05) is 30.5 Å². The van der Waals surface area contributed by atoms with Gasteiger partial charge in [-0.05, 0) is 30.9 Å². The minimum Gasteiger partial charge on any atom is -0.352 e. The van der Waals surface area contributed by atoms with Crippen LogP contribution in [0.25, 0.3) is 11.4 Å². The van der Waals surface area contributed by atoms with Crippen molar-refractivity contribution in [3.05, 3.63) is 37.2 Å². The van der Waals surface area contributed by atoms with E-state index in [1.54, 1.807) is 18.5 Å². The molecule has 6 nitrogen and oxygen atoms in total. The van der Waals surface area contributed by atoms with Gasteiger partial charge in [0.2, 0.25) is 5.91 Å². The van der Waals surface area contributed by atoms with E-state index in [9.17, 15) is 4.79 Å². The van der Waals surface area contributed by atoms with Crippen LogP contribution in [-0.2, 0) is 11.3 Å². The molecule has 0 spiro atoms. The van der Waals surface area contributed by atoms with Gasteiger partial charge < -0.3 is 5.32 Å². The van der Waals surface area contributed by atoms with Crippen molar-refractivity contribution < 1.29 is 4.79 Å². The lowest BCUT2D eigenvalue weighted by Crippen LogP contribution is -2.41. The Balaban J connectivity index is 1.65. The zero-order valence-corrected chi connectivity index (χ0v) is 15.9. The summed E-state index contributed by atoms with van der Waals surface area (Å²) in [7, 11) is 0. The number of pyridine rings is 1. The van der Waals surface area contributed by atoms with Gasteiger partial charge in [-0.3, -0.25) is 14.3 Å². The lowest BCUT2D eigenvalue weighted by atomic mass is 9.86. The van der Waals surface area contributed by atoms with Gasteiger partial charge in [0.1, 0.15) is 0 Å². The average molecular weight is 372 g/mol. The van der Waals surface area contributed by atoms with E-state index in [2.05, 4.69) is 34.0 Å². The molecule has 0 bridgehead atoms. The number of hydrogen-bond donors (Lipinski definition) is 1. The molecule has 7 heteroatoms. The molecule has 2 heterocycles. The van der Waals surface area contributed by atoms with Crippen LogP contribution < -0.4 is 5.32 Å². The summed E-state index contributed by atoms with van der Waals surface area (Å²) in [5, 5.41) is 12.4. The second-order valence-electron chi connectivity index (χ2n) is 6.67. The highest BCUT2D eigenvalue weighted by Gasteiger charge is 2.23. The molecule has 0 radical (unpaired) electrons. The third-order valence-corrected chi connectivity index (χ3v) is 5.71. The molecule has 0 aromatic carbocycles. The normalized spacial score (nSPS) is 19.9. The van der Waals surface area contributed by atoms with Crippen molar-refractivity contribution in [2.24, 2.45) is 5.92 Å². The van der Waals surface area contributed by atoms with Gasteiger partial charge >= 0.3 is 0 Å². The largest absolute Gasteiger partial charge is 0.352 e. The van der Waals surface area contributed by atoms with Gasteiger partial charge in [-0.2, -0.15) is 0 Å². The molecule has 2 aromatic rings. The fraction of sp³-hybridized carbons (Fsp3) is 0.474. The highest BCUT2D eigenvalue weighted by Crippen LogP contribution is 2.25. The van der Waals surface area contributed by atoms with Gasteiger partial charge in [-0.15, -0.1) is 16.8 Å². The molecule has 138 valence electrons. The summed E-state index contributed by atoms with van der Waals surface area (Å²) in [6.07, 6.45) is 10.0. The number of amides is 1. The van der Waals surface area contributed by atoms with E-state index in [1.807, 2.05) is 16.7 Å². The van der Waals surface area contributed by atoms with Crippen molar-refractivity contribution in [2.75, 3.05) is 5.75 Å². The third kappa shape index (κ3) is 4.52. The maximum Gasteiger partial charge on any atom is 0.230 e. The Labute approximate surface area is 158 Å². The van der Waals surface area contributed by atoms with Gasteiger partial charge in [0.15, 0.2) is 11.0 Å². The first kappa shape index (κ1) is 18.6. The Hall–Kier alpha value is -2.15. The summed E-state index contributed by atoms with van der Waals surface area (Å²) >= 11 is 1.41. The lowest BCUT2D eigenvalue weighted by molar-refractivity contribution is -0.119. The quantitative estimate of drug-likeness (QED) is 0.597. The average Bonchev–Trinajstić information content (AvgIpc) is 3.06. The van der Waals surface area contributed by atoms with E-state index in [1.165, 1.54) is 31.0 Å². The number of nitrogens with one attached hydrogen (secondary N) is 1. The van der Waals surface area contributed by atoms with E-state index >= 15 is 0 Å². The molecule has 2 aromatic heterocycles. The van der Waals surface area contributed by atoms with Gasteiger partial charge in [-0.25, -0.2) is 0 Å². The van der Waals surface area contributed by atoms with E-state index in [0.717, 1.165) is 23.0 Å². The monoisotopic (exact) mass is 371 g/mol. The van der Waals surface area contributed by atoms with E-state index < -0.39 is 0 Å². The van der Waals surface area contributed by atoms with Crippen molar-refractivity contribution in [1.29, 1.82) is 0 Å². The molecular weight excluding hydrogens is 346 g/mol. The molecule has 3 rings (SSSR count). The van der Waals surface area contributed by atoms with E-state index in [0.29, 0.717) is 24.3 Å². The maximum atomic E-state index is 12.4. The number of rotatable bonds is 7. The Morgan fingerprint density at radius 1 is 1.42 bits per heavy atom. The number of carbonyl (C=O) groups excluding carboxylic acids is 1. The Bertz CT molecular complexity index is 746. The van der Waals surface area contributed by atoms with Gasteiger partial charge in [0.05, 0.1) is 5.75 Å². The van der Waals surface area contributed by atoms with Gasteiger partial charge in [-0.1, -0.05) is 37.6 Å². The minimum absolute atomic E-state index is 0.0600. The van der Waals surface area contributed by atoms with Crippen LogP contribution in [0.2, 0.25) is 0 Å². The molecule has 0 saturated heterocycles. The van der Waals surface area contributed by atoms with Crippen LogP contribution in [0.1, 0.15) is 32.6 Å². The summed E-state index contributed by atoms with van der Waals surface area (Å²) in [5.41, 5.74) is 0.897. The van der Waals surface area contributed by atoms with Crippen LogP contribution in [0.15, 0.2) is 42.3 Å². The number of carbonyl (C=O) groups is 1. The minimum atomic E-state index is 0.0600. The van der Waals surface area contributed by atoms with Crippen molar-refractivity contribution in [3.63, 3.8) is 0 Å². The molecule has 0 aliphatic heterocycles. The lowest BCUT2D eigenvalue weighted by Gasteiger charge is -2.29. The SMILES string of the molecule is C=CCn1c(SCC(=O)N[C@H]2CCCC[C@@H]2C)nnc1-c1cccnc1. The number of nitrogens with zero attached hydrogens (tertiary/aromatic N) is 4. The second kappa shape index (κ2) is 8.98. The van der Waals surface area contributed by atoms with Crippen LogP contribution in [0.5, 0.6) is 0 Å². The van der Waals surface area contributed by atoms with E-state index in [-0.39, 0.29) is 5.91 Å². The predicted molar refractivity (Wildman–Crippen MR) is 104 cm³/mol. The first-order chi connectivity index (χ1) is 12.7. The Kier molecular flexibility index (Phi) is 6.44. The molecule has 1 aliphatic carbocycles. The highest BCUT2D eigenvalue weighted by atomic mass is 32.2. The van der Waals surface area contributed by atoms with Crippen molar-refractivity contribution in [1.82, 2.24) is 25.1 Å². The molecule has 1 N–H and O–H groups in total. The summed E-state index contributed by atoms with van der Waals surface area (Å²) in [6.45, 7) is 6.62. The topological polar surface area (TPSA) is 72.7 Å². The van der Waals surface area contributed by atoms with Crippen LogP contribution in [-0.4, -0.2) is 37.5 Å². The van der Waals surface area contributed by atoms with Crippen LogP contribution >= 0.6 is 11.8 Å². The summed E-state index contributed by atoms with van der Waals surface area (Å²) in [4.78, 5) is 16.5. The molecule has 26 heavy (non-hydrogen) atoms. The van der Waals surface area contributed by atoms with Crippen LogP contribution in [0, 0.1) is 5.92 Å². The zero-order chi connectivity index (χ0) is 18.4. The Morgan fingerprint density at radius 2 is 2.27 bits per heavy atom. The van der Waals surface area contributed by atoms with Crippen molar-refractivity contribution in [3.8, 4) is 11.4 Å². The third-order valence-electron chi connectivity index (χ3n) is 4.74. The number of allylic oxidation sites excluding steroid dienone is 1. The van der Waals surface area contributed by atoms with E-state index in [4.69, 9.17) is 0 Å². The first-order valence-corrected chi connectivity index (χ1v) is 10.0.